The maximum Gasteiger partial charge on any atom is 0.277 e. The molecule has 0 aliphatic carbocycles. The van der Waals surface area contributed by atoms with E-state index in [2.05, 4.69) is 30.5 Å². The molecule has 0 atom stereocenters. The second kappa shape index (κ2) is 8.24. The summed E-state index contributed by atoms with van der Waals surface area (Å²) in [6.07, 6.45) is 5.14. The average molecular weight is 394 g/mol. The van der Waals surface area contributed by atoms with Crippen molar-refractivity contribution in [3.05, 3.63) is 65.2 Å². The zero-order valence-corrected chi connectivity index (χ0v) is 15.8. The molecular formula is C19H18N6O2S. The summed E-state index contributed by atoms with van der Waals surface area (Å²) in [6, 6.07) is 9.41. The highest BCUT2D eigenvalue weighted by atomic mass is 32.1. The summed E-state index contributed by atoms with van der Waals surface area (Å²) in [5.74, 6) is -0.381. The van der Waals surface area contributed by atoms with Gasteiger partial charge in [0.05, 0.1) is 18.4 Å². The molecule has 0 saturated carbocycles. The van der Waals surface area contributed by atoms with Crippen LogP contribution in [0.1, 0.15) is 21.1 Å². The largest absolute Gasteiger partial charge is 0.325 e. The highest BCUT2D eigenvalue weighted by Gasteiger charge is 2.23. The molecule has 0 saturated heterocycles. The van der Waals surface area contributed by atoms with Crippen LogP contribution in [0.3, 0.4) is 0 Å². The fraction of sp³-hybridized carbons (Fsp3) is 0.211. The number of thiazole rings is 1. The van der Waals surface area contributed by atoms with Gasteiger partial charge in [0.1, 0.15) is 5.69 Å². The smallest absolute Gasteiger partial charge is 0.277 e. The number of fused-ring (bicyclic) bond motifs is 1. The van der Waals surface area contributed by atoms with Crippen molar-refractivity contribution >= 4 is 34.0 Å². The number of anilines is 2. The number of nitrogens with one attached hydrogen (secondary N) is 2. The van der Waals surface area contributed by atoms with Crippen molar-refractivity contribution in [2.45, 2.75) is 13.0 Å². The third kappa shape index (κ3) is 4.38. The second-order valence-corrected chi connectivity index (χ2v) is 7.39. The van der Waals surface area contributed by atoms with Gasteiger partial charge in [0.25, 0.3) is 5.91 Å². The summed E-state index contributed by atoms with van der Waals surface area (Å²) in [5, 5.41) is 6.21. The van der Waals surface area contributed by atoms with Crippen LogP contribution in [0.25, 0.3) is 0 Å². The summed E-state index contributed by atoms with van der Waals surface area (Å²) in [7, 11) is 0. The maximum absolute atomic E-state index is 12.3. The molecule has 142 valence electrons. The molecule has 0 fully saturated rings. The molecule has 1 aliphatic heterocycles. The van der Waals surface area contributed by atoms with Gasteiger partial charge in [-0.15, -0.1) is 11.3 Å². The van der Waals surface area contributed by atoms with Crippen LogP contribution in [0.15, 0.2) is 48.9 Å². The minimum Gasteiger partial charge on any atom is -0.325 e. The molecule has 3 aromatic rings. The standard InChI is InChI=1S/C19H18N6O2S/c26-17(22-13-4-2-1-3-5-13)12-25-9-6-14-16(11-25)28-19(23-14)24-18(27)15-10-20-7-8-21-15/h1-5,7-8,10H,6,9,11-12H2,(H,22,26)(H,23,24,27). The van der Waals surface area contributed by atoms with Gasteiger partial charge in [-0.2, -0.15) is 0 Å². The summed E-state index contributed by atoms with van der Waals surface area (Å²) in [6.45, 7) is 1.69. The van der Waals surface area contributed by atoms with Gasteiger partial charge in [-0.3, -0.25) is 24.8 Å². The Morgan fingerprint density at radius 3 is 2.79 bits per heavy atom. The van der Waals surface area contributed by atoms with Gasteiger partial charge in [0.2, 0.25) is 5.91 Å². The Morgan fingerprint density at radius 1 is 1.14 bits per heavy atom. The number of carbonyl (C=O) groups is 2. The molecule has 1 aromatic carbocycles. The van der Waals surface area contributed by atoms with E-state index >= 15 is 0 Å². The van der Waals surface area contributed by atoms with E-state index in [1.807, 2.05) is 30.3 Å². The molecule has 0 bridgehead atoms. The zero-order chi connectivity index (χ0) is 19.3. The Labute approximate surface area is 165 Å². The third-order valence-corrected chi connectivity index (χ3v) is 5.25. The Balaban J connectivity index is 1.35. The quantitative estimate of drug-likeness (QED) is 0.688. The van der Waals surface area contributed by atoms with Crippen molar-refractivity contribution in [1.82, 2.24) is 19.9 Å². The Hall–Kier alpha value is -3.17. The number of hydrogen-bond acceptors (Lipinski definition) is 7. The van der Waals surface area contributed by atoms with Crippen LogP contribution in [-0.2, 0) is 17.8 Å². The van der Waals surface area contributed by atoms with Gasteiger partial charge in [-0.1, -0.05) is 18.2 Å². The third-order valence-electron chi connectivity index (χ3n) is 4.25. The number of nitrogens with zero attached hydrogens (tertiary/aromatic N) is 4. The van der Waals surface area contributed by atoms with E-state index in [1.54, 1.807) is 0 Å². The monoisotopic (exact) mass is 394 g/mol. The first-order chi connectivity index (χ1) is 13.7. The van der Waals surface area contributed by atoms with Crippen LogP contribution in [0, 0.1) is 0 Å². The predicted molar refractivity (Wildman–Crippen MR) is 106 cm³/mol. The number of amides is 2. The van der Waals surface area contributed by atoms with Gasteiger partial charge in [0.15, 0.2) is 5.13 Å². The van der Waals surface area contributed by atoms with Crippen LogP contribution in [0.2, 0.25) is 0 Å². The number of carbonyl (C=O) groups excluding carboxylic acids is 2. The van der Waals surface area contributed by atoms with E-state index < -0.39 is 0 Å². The zero-order valence-electron chi connectivity index (χ0n) is 15.0. The molecule has 9 heteroatoms. The Morgan fingerprint density at radius 2 is 2.00 bits per heavy atom. The molecule has 0 radical (unpaired) electrons. The first-order valence-corrected chi connectivity index (χ1v) is 9.62. The van der Waals surface area contributed by atoms with Gasteiger partial charge >= 0.3 is 0 Å². The normalized spacial score (nSPS) is 13.6. The van der Waals surface area contributed by atoms with Gasteiger partial charge < -0.3 is 5.32 Å². The van der Waals surface area contributed by atoms with Gasteiger partial charge in [-0.05, 0) is 12.1 Å². The average Bonchev–Trinajstić information content (AvgIpc) is 3.10. The van der Waals surface area contributed by atoms with Crippen molar-refractivity contribution < 1.29 is 9.59 Å². The Kier molecular flexibility index (Phi) is 5.36. The Bertz CT molecular complexity index is 977. The first kappa shape index (κ1) is 18.2. The van der Waals surface area contributed by atoms with E-state index in [9.17, 15) is 9.59 Å². The van der Waals surface area contributed by atoms with Crippen molar-refractivity contribution in [3.8, 4) is 0 Å². The van der Waals surface area contributed by atoms with Gasteiger partial charge in [-0.25, -0.2) is 9.97 Å². The van der Waals surface area contributed by atoms with E-state index in [4.69, 9.17) is 0 Å². The van der Waals surface area contributed by atoms with Crippen LogP contribution >= 0.6 is 11.3 Å². The van der Waals surface area contributed by atoms with Gasteiger partial charge in [0, 0.05) is 42.5 Å². The molecule has 4 rings (SSSR count). The van der Waals surface area contributed by atoms with E-state index in [1.165, 1.54) is 29.9 Å². The van der Waals surface area contributed by atoms with Crippen LogP contribution in [0.5, 0.6) is 0 Å². The fourth-order valence-electron chi connectivity index (χ4n) is 2.94. The minimum absolute atomic E-state index is 0.0460. The molecule has 3 heterocycles. The van der Waals surface area contributed by atoms with Crippen molar-refractivity contribution in [1.29, 1.82) is 0 Å². The summed E-state index contributed by atoms with van der Waals surface area (Å²) in [5.41, 5.74) is 2.01. The molecular weight excluding hydrogens is 376 g/mol. The van der Waals surface area contributed by atoms with Crippen LogP contribution < -0.4 is 10.6 Å². The van der Waals surface area contributed by atoms with Crippen molar-refractivity contribution in [2.24, 2.45) is 0 Å². The topological polar surface area (TPSA) is 100 Å². The molecule has 2 N–H and O–H groups in total. The molecule has 28 heavy (non-hydrogen) atoms. The number of hydrogen-bond donors (Lipinski definition) is 2. The van der Waals surface area contributed by atoms with Crippen LogP contribution in [0.4, 0.5) is 10.8 Å². The molecule has 2 aromatic heterocycles. The lowest BCUT2D eigenvalue weighted by molar-refractivity contribution is -0.117. The lowest BCUT2D eigenvalue weighted by Crippen LogP contribution is -2.36. The number of aromatic nitrogens is 3. The molecule has 1 aliphatic rings. The second-order valence-electron chi connectivity index (χ2n) is 6.31. The lowest BCUT2D eigenvalue weighted by Gasteiger charge is -2.25. The van der Waals surface area contributed by atoms with E-state index in [0.29, 0.717) is 18.2 Å². The van der Waals surface area contributed by atoms with E-state index in [0.717, 1.165) is 29.2 Å². The fourth-order valence-corrected chi connectivity index (χ4v) is 3.98. The van der Waals surface area contributed by atoms with Crippen LogP contribution in [-0.4, -0.2) is 44.8 Å². The molecule has 0 spiro atoms. The molecule has 8 nitrogen and oxygen atoms in total. The predicted octanol–water partition coefficient (Wildman–Crippen LogP) is 2.18. The maximum atomic E-state index is 12.3. The SMILES string of the molecule is O=C(CN1CCc2nc(NC(=O)c3cnccn3)sc2C1)Nc1ccccc1. The van der Waals surface area contributed by atoms with E-state index in [-0.39, 0.29) is 17.5 Å². The number of para-hydroxylation sites is 1. The molecule has 2 amide bonds. The first-order valence-electron chi connectivity index (χ1n) is 8.80. The highest BCUT2D eigenvalue weighted by Crippen LogP contribution is 2.28. The minimum atomic E-state index is -0.335. The number of benzene rings is 1. The summed E-state index contributed by atoms with van der Waals surface area (Å²) in [4.78, 5) is 40.0. The summed E-state index contributed by atoms with van der Waals surface area (Å²) >= 11 is 1.43. The number of rotatable bonds is 5. The van der Waals surface area contributed by atoms with Crippen molar-refractivity contribution in [2.75, 3.05) is 23.7 Å². The highest BCUT2D eigenvalue weighted by molar-refractivity contribution is 7.15. The summed E-state index contributed by atoms with van der Waals surface area (Å²) < 4.78 is 0. The molecule has 0 unspecified atom stereocenters. The lowest BCUT2D eigenvalue weighted by atomic mass is 10.2. The van der Waals surface area contributed by atoms with Crippen molar-refractivity contribution in [3.63, 3.8) is 0 Å².